The minimum atomic E-state index is -1.18. The van der Waals surface area contributed by atoms with E-state index in [2.05, 4.69) is 4.99 Å². The largest absolute Gasteiger partial charge is 0.465 e. The zero-order chi connectivity index (χ0) is 20.2. The molecule has 0 spiro atoms. The Labute approximate surface area is 168 Å². The van der Waals surface area contributed by atoms with Gasteiger partial charge < -0.3 is 14.6 Å². The molecular weight excluding hydrogens is 386 g/mol. The van der Waals surface area contributed by atoms with E-state index >= 15 is 0 Å². The molecule has 2 atom stereocenters. The second kappa shape index (κ2) is 12.6. The average molecular weight is 412 g/mol. The van der Waals surface area contributed by atoms with E-state index in [1.54, 1.807) is 38.1 Å². The molecule has 27 heavy (non-hydrogen) atoms. The number of rotatable bonds is 8. The SMILES string of the molecule is CCOC(=O)/C(=C/[C@H](C(=O)OCC)[C@@H](O)c1ccccc1)N=C(SC)SC. The van der Waals surface area contributed by atoms with Crippen LogP contribution in [0.5, 0.6) is 0 Å². The third-order valence-electron chi connectivity index (χ3n) is 3.42. The molecule has 0 bridgehead atoms. The minimum absolute atomic E-state index is 0.0383. The molecule has 0 aliphatic rings. The van der Waals surface area contributed by atoms with Gasteiger partial charge in [-0.25, -0.2) is 9.79 Å². The Morgan fingerprint density at radius 2 is 1.70 bits per heavy atom. The number of aliphatic hydroxyl groups is 1. The van der Waals surface area contributed by atoms with Crippen molar-refractivity contribution in [2.24, 2.45) is 10.9 Å². The molecular formula is C19H25NO5S2. The van der Waals surface area contributed by atoms with Gasteiger partial charge in [0.05, 0.1) is 19.3 Å². The number of hydrogen-bond donors (Lipinski definition) is 1. The van der Waals surface area contributed by atoms with Crippen molar-refractivity contribution in [3.8, 4) is 0 Å². The number of hydrogen-bond acceptors (Lipinski definition) is 8. The van der Waals surface area contributed by atoms with E-state index in [0.717, 1.165) is 0 Å². The van der Waals surface area contributed by atoms with Gasteiger partial charge >= 0.3 is 11.9 Å². The number of aliphatic hydroxyl groups excluding tert-OH is 1. The maximum atomic E-state index is 12.5. The fourth-order valence-corrected chi connectivity index (χ4v) is 3.23. The highest BCUT2D eigenvalue weighted by molar-refractivity contribution is 8.38. The fourth-order valence-electron chi connectivity index (χ4n) is 2.18. The molecule has 0 aliphatic carbocycles. The van der Waals surface area contributed by atoms with E-state index in [-0.39, 0.29) is 18.9 Å². The van der Waals surface area contributed by atoms with Crippen LogP contribution in [0.4, 0.5) is 0 Å². The molecule has 1 N–H and O–H groups in total. The molecule has 0 amide bonds. The van der Waals surface area contributed by atoms with Gasteiger partial charge in [-0.1, -0.05) is 30.3 Å². The number of aliphatic imine (C=N–C) groups is 1. The predicted molar refractivity (Wildman–Crippen MR) is 111 cm³/mol. The molecule has 148 valence electrons. The molecule has 0 fully saturated rings. The highest BCUT2D eigenvalue weighted by Gasteiger charge is 2.29. The summed E-state index contributed by atoms with van der Waals surface area (Å²) in [6.45, 7) is 3.69. The summed E-state index contributed by atoms with van der Waals surface area (Å²) in [5.41, 5.74) is 0.498. The first-order chi connectivity index (χ1) is 13.0. The van der Waals surface area contributed by atoms with Gasteiger partial charge in [-0.05, 0) is 38.0 Å². The standard InChI is InChI=1S/C19H25NO5S2/c1-5-24-17(22)14(16(21)13-10-8-7-9-11-13)12-15(18(23)25-6-2)20-19(26-3)27-4/h7-12,14,16,21H,5-6H2,1-4H3/b15-12-/t14-,16-/m0/s1. The number of ether oxygens (including phenoxy) is 2. The summed E-state index contributed by atoms with van der Waals surface area (Å²) in [6, 6.07) is 8.73. The lowest BCUT2D eigenvalue weighted by atomic mass is 9.94. The first kappa shape index (κ1) is 23.3. The summed E-state index contributed by atoms with van der Waals surface area (Å²) in [5.74, 6) is -2.39. The highest BCUT2D eigenvalue weighted by Crippen LogP contribution is 2.27. The number of esters is 2. The molecule has 0 saturated heterocycles. The monoisotopic (exact) mass is 411 g/mol. The van der Waals surface area contributed by atoms with Crippen LogP contribution in [-0.4, -0.2) is 47.1 Å². The second-order valence-corrected chi connectivity index (χ2v) is 7.04. The zero-order valence-electron chi connectivity index (χ0n) is 15.9. The Kier molecular flexibility index (Phi) is 10.8. The van der Waals surface area contributed by atoms with Gasteiger partial charge in [0.2, 0.25) is 0 Å². The molecule has 0 unspecified atom stereocenters. The Hall–Kier alpha value is -1.77. The molecule has 0 heterocycles. The van der Waals surface area contributed by atoms with Gasteiger partial charge in [0, 0.05) is 0 Å². The van der Waals surface area contributed by atoms with Gasteiger partial charge in [0.1, 0.15) is 16.0 Å². The summed E-state index contributed by atoms with van der Waals surface area (Å²) in [4.78, 5) is 29.1. The molecule has 0 radical (unpaired) electrons. The van der Waals surface area contributed by atoms with Crippen LogP contribution < -0.4 is 0 Å². The Bertz CT molecular complexity index is 670. The van der Waals surface area contributed by atoms with Crippen molar-refractivity contribution < 1.29 is 24.2 Å². The number of thioether (sulfide) groups is 2. The van der Waals surface area contributed by atoms with Crippen molar-refractivity contribution in [3.63, 3.8) is 0 Å². The van der Waals surface area contributed by atoms with Crippen LogP contribution in [0.1, 0.15) is 25.5 Å². The molecule has 6 nitrogen and oxygen atoms in total. The maximum absolute atomic E-state index is 12.5. The smallest absolute Gasteiger partial charge is 0.356 e. The van der Waals surface area contributed by atoms with Gasteiger partial charge in [0.25, 0.3) is 0 Å². The van der Waals surface area contributed by atoms with Gasteiger partial charge in [-0.3, -0.25) is 4.79 Å². The zero-order valence-corrected chi connectivity index (χ0v) is 17.5. The van der Waals surface area contributed by atoms with E-state index in [9.17, 15) is 14.7 Å². The summed E-state index contributed by atoms with van der Waals surface area (Å²) < 4.78 is 10.8. The Balaban J connectivity index is 3.38. The van der Waals surface area contributed by atoms with Crippen molar-refractivity contribution in [2.75, 3.05) is 25.7 Å². The lowest BCUT2D eigenvalue weighted by Crippen LogP contribution is -2.24. The third kappa shape index (κ3) is 7.40. The molecule has 1 aromatic rings. The Morgan fingerprint density at radius 3 is 2.22 bits per heavy atom. The van der Waals surface area contributed by atoms with Gasteiger partial charge in [-0.2, -0.15) is 0 Å². The predicted octanol–water partition coefficient (Wildman–Crippen LogP) is 3.43. The van der Waals surface area contributed by atoms with E-state index in [0.29, 0.717) is 9.94 Å². The first-order valence-electron chi connectivity index (χ1n) is 8.43. The summed E-state index contributed by atoms with van der Waals surface area (Å²) in [7, 11) is 0. The van der Waals surface area contributed by atoms with Crippen molar-refractivity contribution in [3.05, 3.63) is 47.7 Å². The fraction of sp³-hybridized carbons (Fsp3) is 0.421. The van der Waals surface area contributed by atoms with Crippen LogP contribution in [0.2, 0.25) is 0 Å². The average Bonchev–Trinajstić information content (AvgIpc) is 2.68. The lowest BCUT2D eigenvalue weighted by molar-refractivity contribution is -0.149. The molecule has 0 saturated carbocycles. The van der Waals surface area contributed by atoms with Gasteiger partial charge in [0.15, 0.2) is 0 Å². The van der Waals surface area contributed by atoms with E-state index < -0.39 is 24.0 Å². The lowest BCUT2D eigenvalue weighted by Gasteiger charge is -2.19. The van der Waals surface area contributed by atoms with Crippen LogP contribution in [0.3, 0.4) is 0 Å². The molecule has 1 aromatic carbocycles. The van der Waals surface area contributed by atoms with Crippen LogP contribution in [0, 0.1) is 5.92 Å². The second-order valence-electron chi connectivity index (χ2n) is 5.19. The van der Waals surface area contributed by atoms with Crippen molar-refractivity contribution in [2.45, 2.75) is 20.0 Å². The van der Waals surface area contributed by atoms with Crippen molar-refractivity contribution >= 4 is 39.8 Å². The quantitative estimate of drug-likeness (QED) is 0.304. The molecule has 8 heteroatoms. The van der Waals surface area contributed by atoms with Crippen LogP contribution in [-0.2, 0) is 19.1 Å². The third-order valence-corrected chi connectivity index (χ3v) is 5.30. The van der Waals surface area contributed by atoms with Crippen LogP contribution >= 0.6 is 23.5 Å². The van der Waals surface area contributed by atoms with Gasteiger partial charge in [-0.15, -0.1) is 23.5 Å². The maximum Gasteiger partial charge on any atom is 0.356 e. The van der Waals surface area contributed by atoms with E-state index in [1.807, 2.05) is 18.6 Å². The number of nitrogens with zero attached hydrogens (tertiary/aromatic N) is 1. The highest BCUT2D eigenvalue weighted by atomic mass is 32.2. The topological polar surface area (TPSA) is 85.2 Å². The summed E-state index contributed by atoms with van der Waals surface area (Å²) >= 11 is 2.74. The van der Waals surface area contributed by atoms with Crippen molar-refractivity contribution in [1.29, 1.82) is 0 Å². The van der Waals surface area contributed by atoms with E-state index in [1.165, 1.54) is 29.6 Å². The number of carbonyl (C=O) groups excluding carboxylic acids is 2. The molecule has 0 aliphatic heterocycles. The number of carbonyl (C=O) groups is 2. The summed E-state index contributed by atoms with van der Waals surface area (Å²) in [5, 5.41) is 10.7. The summed E-state index contributed by atoms with van der Waals surface area (Å²) in [6.07, 6.45) is 3.80. The van der Waals surface area contributed by atoms with Crippen LogP contribution in [0.15, 0.2) is 47.1 Å². The van der Waals surface area contributed by atoms with E-state index in [4.69, 9.17) is 9.47 Å². The van der Waals surface area contributed by atoms with Crippen LogP contribution in [0.25, 0.3) is 0 Å². The Morgan fingerprint density at radius 1 is 1.11 bits per heavy atom. The minimum Gasteiger partial charge on any atom is -0.465 e. The molecule has 1 rings (SSSR count). The first-order valence-corrected chi connectivity index (χ1v) is 10.9. The normalized spacial score (nSPS) is 13.4. The molecule has 0 aromatic heterocycles. The number of benzene rings is 1. The van der Waals surface area contributed by atoms with Crippen molar-refractivity contribution in [1.82, 2.24) is 0 Å².